The zero-order valence-corrected chi connectivity index (χ0v) is 17.0. The number of unbranched alkanes of at least 4 members (excludes halogenated alkanes) is 1. The molecule has 4 rings (SSSR count). The summed E-state index contributed by atoms with van der Waals surface area (Å²) < 4.78 is 52.1. The average molecular weight is 432 g/mol. The third kappa shape index (κ3) is 4.98. The molecule has 2 aliphatic rings. The summed E-state index contributed by atoms with van der Waals surface area (Å²) in [6.45, 7) is 2.38. The second-order valence-corrected chi connectivity index (χ2v) is 8.13. The number of carbonyl (C=O) groups is 1. The van der Waals surface area contributed by atoms with Crippen molar-refractivity contribution in [1.29, 1.82) is 0 Å². The van der Waals surface area contributed by atoms with Gasteiger partial charge in [-0.2, -0.15) is 13.2 Å². The quantitative estimate of drug-likeness (QED) is 0.460. The van der Waals surface area contributed by atoms with Crippen LogP contribution < -0.4 is 5.32 Å². The monoisotopic (exact) mass is 432 g/mol. The zero-order valence-electron chi connectivity index (χ0n) is 17.0. The second-order valence-electron chi connectivity index (χ2n) is 8.13. The Morgan fingerprint density at radius 3 is 2.68 bits per heavy atom. The molecule has 164 valence electrons. The minimum absolute atomic E-state index is 0.0766. The highest BCUT2D eigenvalue weighted by Gasteiger charge is 2.31. The predicted molar refractivity (Wildman–Crippen MR) is 112 cm³/mol. The van der Waals surface area contributed by atoms with E-state index in [1.807, 2.05) is 6.08 Å². The Morgan fingerprint density at radius 1 is 1.10 bits per heavy atom. The van der Waals surface area contributed by atoms with E-state index in [0.717, 1.165) is 43.1 Å². The summed E-state index contributed by atoms with van der Waals surface area (Å²) in [6.07, 6.45) is 0.897. The number of fused-ring (bicyclic) bond motifs is 1. The molecular weight excluding hydrogens is 408 g/mol. The van der Waals surface area contributed by atoms with E-state index in [2.05, 4.69) is 10.2 Å². The summed E-state index contributed by atoms with van der Waals surface area (Å²) in [5, 5.41) is 2.74. The van der Waals surface area contributed by atoms with Gasteiger partial charge in [0.05, 0.1) is 11.5 Å². The van der Waals surface area contributed by atoms with Crippen LogP contribution in [-0.4, -0.2) is 30.4 Å². The minimum Gasteiger partial charge on any atom is -0.325 e. The van der Waals surface area contributed by atoms with E-state index in [1.165, 1.54) is 24.3 Å². The van der Waals surface area contributed by atoms with E-state index in [-0.39, 0.29) is 17.6 Å². The van der Waals surface area contributed by atoms with E-state index >= 15 is 0 Å². The van der Waals surface area contributed by atoms with Gasteiger partial charge < -0.3 is 5.32 Å². The Hall–Kier alpha value is -2.67. The molecule has 1 N–H and O–H groups in total. The van der Waals surface area contributed by atoms with Crippen LogP contribution in [0.25, 0.3) is 5.57 Å². The first-order valence-corrected chi connectivity index (χ1v) is 10.5. The standard InChI is InChI=1S/C24H24F4N2O/c25-19-7-8-20-21(23(31)29-22(20)15-19)6-1-2-11-30-12-9-16(10-13-30)17-4-3-5-18(14-17)24(26,27)28/h3-5,7-9,14-15,21H,1-2,6,10-13H2,(H,29,31). The van der Waals surface area contributed by atoms with Gasteiger partial charge in [0, 0.05) is 18.8 Å². The highest BCUT2D eigenvalue weighted by atomic mass is 19.4. The Balaban J connectivity index is 1.26. The van der Waals surface area contributed by atoms with Crippen molar-refractivity contribution in [2.75, 3.05) is 25.0 Å². The number of nitrogens with zero attached hydrogens (tertiary/aromatic N) is 1. The molecule has 1 amide bonds. The van der Waals surface area contributed by atoms with Crippen LogP contribution in [0.2, 0.25) is 0 Å². The Labute approximate surface area is 178 Å². The Kier molecular flexibility index (Phi) is 6.14. The summed E-state index contributed by atoms with van der Waals surface area (Å²) in [4.78, 5) is 14.4. The maximum Gasteiger partial charge on any atom is 0.416 e. The molecule has 0 aromatic heterocycles. The van der Waals surface area contributed by atoms with Crippen LogP contribution in [0.15, 0.2) is 48.5 Å². The Morgan fingerprint density at radius 2 is 1.94 bits per heavy atom. The zero-order chi connectivity index (χ0) is 22.0. The number of carbonyl (C=O) groups excluding carboxylic acids is 1. The van der Waals surface area contributed by atoms with Gasteiger partial charge in [0.1, 0.15) is 5.82 Å². The summed E-state index contributed by atoms with van der Waals surface area (Å²) >= 11 is 0. The first-order valence-electron chi connectivity index (χ1n) is 10.5. The van der Waals surface area contributed by atoms with Crippen molar-refractivity contribution < 1.29 is 22.4 Å². The molecule has 7 heteroatoms. The van der Waals surface area contributed by atoms with Gasteiger partial charge in [-0.1, -0.05) is 30.7 Å². The van der Waals surface area contributed by atoms with Crippen LogP contribution in [0.3, 0.4) is 0 Å². The SMILES string of the molecule is O=C1Nc2cc(F)ccc2C1CCCCN1CC=C(c2cccc(C(F)(F)F)c2)CC1. The van der Waals surface area contributed by atoms with Gasteiger partial charge in [0.2, 0.25) is 5.91 Å². The Bertz CT molecular complexity index is 999. The van der Waals surface area contributed by atoms with Gasteiger partial charge in [-0.3, -0.25) is 9.69 Å². The number of nitrogens with one attached hydrogen (secondary N) is 1. The van der Waals surface area contributed by atoms with Crippen molar-refractivity contribution in [2.24, 2.45) is 0 Å². The number of rotatable bonds is 6. The van der Waals surface area contributed by atoms with Crippen LogP contribution >= 0.6 is 0 Å². The van der Waals surface area contributed by atoms with Crippen molar-refractivity contribution in [1.82, 2.24) is 4.90 Å². The molecule has 0 bridgehead atoms. The average Bonchev–Trinajstić information content (AvgIpc) is 3.05. The van der Waals surface area contributed by atoms with Crippen molar-refractivity contribution in [3.63, 3.8) is 0 Å². The topological polar surface area (TPSA) is 32.3 Å². The molecule has 1 unspecified atom stereocenters. The lowest BCUT2D eigenvalue weighted by molar-refractivity contribution is -0.137. The lowest BCUT2D eigenvalue weighted by Crippen LogP contribution is -2.29. The van der Waals surface area contributed by atoms with Crippen LogP contribution in [0.1, 0.15) is 48.3 Å². The van der Waals surface area contributed by atoms with E-state index in [1.54, 1.807) is 12.1 Å². The molecule has 0 saturated carbocycles. The molecule has 2 heterocycles. The first-order chi connectivity index (χ1) is 14.8. The summed E-state index contributed by atoms with van der Waals surface area (Å²) in [7, 11) is 0. The lowest BCUT2D eigenvalue weighted by atomic mass is 9.94. The van der Waals surface area contributed by atoms with Gasteiger partial charge in [-0.25, -0.2) is 4.39 Å². The van der Waals surface area contributed by atoms with Crippen LogP contribution in [0, 0.1) is 5.82 Å². The fraction of sp³-hybridized carbons (Fsp3) is 0.375. The fourth-order valence-electron chi connectivity index (χ4n) is 4.34. The van der Waals surface area contributed by atoms with E-state index in [9.17, 15) is 22.4 Å². The third-order valence-corrected chi connectivity index (χ3v) is 6.04. The second kappa shape index (κ2) is 8.83. The summed E-state index contributed by atoms with van der Waals surface area (Å²) in [6, 6.07) is 9.92. The van der Waals surface area contributed by atoms with Gasteiger partial charge in [0.15, 0.2) is 0 Å². The molecule has 1 atom stereocenters. The highest BCUT2D eigenvalue weighted by molar-refractivity contribution is 6.02. The molecule has 2 aromatic carbocycles. The molecule has 0 spiro atoms. The number of anilines is 1. The van der Waals surface area contributed by atoms with Crippen LogP contribution in [0.5, 0.6) is 0 Å². The molecular formula is C24H24F4N2O. The summed E-state index contributed by atoms with van der Waals surface area (Å²) in [5.74, 6) is -0.668. The lowest BCUT2D eigenvalue weighted by Gasteiger charge is -2.26. The van der Waals surface area contributed by atoms with E-state index in [0.29, 0.717) is 30.6 Å². The first kappa shape index (κ1) is 21.6. The van der Waals surface area contributed by atoms with Gasteiger partial charge in [-0.05, 0) is 66.8 Å². The molecule has 2 aliphatic heterocycles. The normalized spacial score (nSPS) is 19.2. The summed E-state index contributed by atoms with van der Waals surface area (Å²) in [5.41, 5.74) is 2.40. The number of hydrogen-bond donors (Lipinski definition) is 1. The molecule has 2 aromatic rings. The molecule has 0 fully saturated rings. The fourth-order valence-corrected chi connectivity index (χ4v) is 4.34. The van der Waals surface area contributed by atoms with Crippen molar-refractivity contribution >= 4 is 17.2 Å². The smallest absolute Gasteiger partial charge is 0.325 e. The molecule has 0 radical (unpaired) electrons. The number of benzene rings is 2. The maximum absolute atomic E-state index is 13.3. The van der Waals surface area contributed by atoms with E-state index in [4.69, 9.17) is 0 Å². The number of hydrogen-bond acceptors (Lipinski definition) is 2. The molecule has 31 heavy (non-hydrogen) atoms. The largest absolute Gasteiger partial charge is 0.416 e. The number of amides is 1. The van der Waals surface area contributed by atoms with Gasteiger partial charge in [0.25, 0.3) is 0 Å². The van der Waals surface area contributed by atoms with Crippen molar-refractivity contribution in [2.45, 2.75) is 37.8 Å². The van der Waals surface area contributed by atoms with Crippen molar-refractivity contribution in [3.8, 4) is 0 Å². The van der Waals surface area contributed by atoms with Crippen molar-refractivity contribution in [3.05, 3.63) is 71.0 Å². The highest BCUT2D eigenvalue weighted by Crippen LogP contribution is 2.36. The third-order valence-electron chi connectivity index (χ3n) is 6.04. The van der Waals surface area contributed by atoms with Gasteiger partial charge >= 0.3 is 6.18 Å². The molecule has 3 nitrogen and oxygen atoms in total. The molecule has 0 aliphatic carbocycles. The molecule has 0 saturated heterocycles. The van der Waals surface area contributed by atoms with Crippen LogP contribution in [-0.2, 0) is 11.0 Å². The number of alkyl halides is 3. The minimum atomic E-state index is -4.33. The van der Waals surface area contributed by atoms with E-state index < -0.39 is 11.7 Å². The predicted octanol–water partition coefficient (Wildman–Crippen LogP) is 5.84. The maximum atomic E-state index is 13.3. The van der Waals surface area contributed by atoms with Gasteiger partial charge in [-0.15, -0.1) is 0 Å². The number of halogens is 4. The van der Waals surface area contributed by atoms with Crippen LogP contribution in [0.4, 0.5) is 23.2 Å².